The predicted octanol–water partition coefficient (Wildman–Crippen LogP) is -1.41. The Bertz CT molecular complexity index is 1320. The van der Waals surface area contributed by atoms with Gasteiger partial charge in [0.25, 0.3) is 0 Å². The van der Waals surface area contributed by atoms with Crippen LogP contribution in [0.5, 0.6) is 5.75 Å². The lowest BCUT2D eigenvalue weighted by atomic mass is 9.49. The summed E-state index contributed by atoms with van der Waals surface area (Å²) in [5.74, 6) is -14.8. The summed E-state index contributed by atoms with van der Waals surface area (Å²) in [6.07, 6.45) is 0.527. The summed E-state index contributed by atoms with van der Waals surface area (Å²) in [6, 6.07) is 1.52. The number of benzene rings is 1. The van der Waals surface area contributed by atoms with E-state index >= 15 is 0 Å². The van der Waals surface area contributed by atoms with Crippen molar-refractivity contribution in [1.29, 1.82) is 0 Å². The van der Waals surface area contributed by atoms with Crippen molar-refractivity contribution < 1.29 is 48.8 Å². The first-order valence-corrected chi connectivity index (χ1v) is 11.9. The van der Waals surface area contributed by atoms with Crippen LogP contribution < -0.4 is 5.73 Å². The standard InChI is InChI=1S/C26H28N2O10/c1-9-11-7-5-10(6-8-12(29)38-4)19(30)14(11)20(31)15-13(9)21(32)17-18(28(2)3)22(33)16(25(27)36)24(35)26(17,37)23(15)34/h5-9,13,15-18,21,30,32,37H,1-4H3,(H2,27,36)/t9-,13+,15?,16?,17+,18?,21-,26-/m0/s1. The normalized spacial score (nSPS) is 34.7. The number of ketones is 4. The number of amides is 1. The van der Waals surface area contributed by atoms with Gasteiger partial charge >= 0.3 is 5.97 Å². The molecule has 202 valence electrons. The topological polar surface area (TPSA) is 202 Å². The molecular formula is C26H28N2O10. The third-order valence-electron chi connectivity index (χ3n) is 8.12. The van der Waals surface area contributed by atoms with E-state index < -0.39 is 88.1 Å². The van der Waals surface area contributed by atoms with Crippen LogP contribution in [0.25, 0.3) is 6.08 Å². The molecule has 8 atom stereocenters. The summed E-state index contributed by atoms with van der Waals surface area (Å²) in [5.41, 5.74) is 2.33. The van der Waals surface area contributed by atoms with E-state index in [0.717, 1.165) is 13.2 Å². The number of aliphatic hydroxyl groups excluding tert-OH is 1. The highest BCUT2D eigenvalue weighted by Gasteiger charge is 2.72. The van der Waals surface area contributed by atoms with Crippen molar-refractivity contribution in [2.45, 2.75) is 30.6 Å². The lowest BCUT2D eigenvalue weighted by Gasteiger charge is -2.56. The number of nitrogens with zero attached hydrogens (tertiary/aromatic N) is 1. The van der Waals surface area contributed by atoms with Gasteiger partial charge in [0.2, 0.25) is 5.91 Å². The van der Waals surface area contributed by atoms with Gasteiger partial charge in [-0.25, -0.2) is 4.79 Å². The van der Waals surface area contributed by atoms with Gasteiger partial charge in [-0.05, 0) is 31.7 Å². The van der Waals surface area contributed by atoms with Crippen LogP contribution in [0.3, 0.4) is 0 Å². The molecule has 3 aliphatic rings. The van der Waals surface area contributed by atoms with Gasteiger partial charge in [0.1, 0.15) is 5.75 Å². The van der Waals surface area contributed by atoms with Crippen LogP contribution >= 0.6 is 0 Å². The van der Waals surface area contributed by atoms with Crippen molar-refractivity contribution in [3.05, 3.63) is 34.9 Å². The van der Waals surface area contributed by atoms with E-state index in [1.807, 2.05) is 0 Å². The van der Waals surface area contributed by atoms with Crippen LogP contribution in [-0.2, 0) is 28.7 Å². The number of fused-ring (bicyclic) bond motifs is 3. The molecule has 1 amide bonds. The van der Waals surface area contributed by atoms with Gasteiger partial charge in [-0.3, -0.25) is 28.9 Å². The van der Waals surface area contributed by atoms with Crippen molar-refractivity contribution in [2.24, 2.45) is 29.4 Å². The Hall–Kier alpha value is -3.74. The fraction of sp³-hybridized carbons (Fsp3) is 0.462. The van der Waals surface area contributed by atoms with Crippen LogP contribution in [0.2, 0.25) is 0 Å². The molecule has 0 radical (unpaired) electrons. The Morgan fingerprint density at radius 2 is 1.76 bits per heavy atom. The largest absolute Gasteiger partial charge is 0.507 e. The highest BCUT2D eigenvalue weighted by molar-refractivity contribution is 6.32. The number of primary amides is 1. The minimum atomic E-state index is -3.06. The van der Waals surface area contributed by atoms with Crippen molar-refractivity contribution >= 4 is 41.1 Å². The number of esters is 1. The molecule has 1 aromatic rings. The number of aromatic hydroxyl groups is 1. The first-order valence-electron chi connectivity index (χ1n) is 11.9. The Balaban J connectivity index is 1.91. The molecule has 0 spiro atoms. The molecule has 3 aliphatic carbocycles. The zero-order valence-corrected chi connectivity index (χ0v) is 21.1. The van der Waals surface area contributed by atoms with Crippen molar-refractivity contribution in [3.63, 3.8) is 0 Å². The van der Waals surface area contributed by atoms with Crippen LogP contribution in [-0.4, -0.2) is 94.2 Å². The summed E-state index contributed by atoms with van der Waals surface area (Å²) in [4.78, 5) is 78.9. The monoisotopic (exact) mass is 528 g/mol. The maximum Gasteiger partial charge on any atom is 0.330 e. The van der Waals surface area contributed by atoms with E-state index in [2.05, 4.69) is 4.74 Å². The zero-order valence-electron chi connectivity index (χ0n) is 21.1. The molecule has 12 nitrogen and oxygen atoms in total. The van der Waals surface area contributed by atoms with Gasteiger partial charge < -0.3 is 25.8 Å². The number of hydrogen-bond donors (Lipinski definition) is 4. The van der Waals surface area contributed by atoms with E-state index in [1.54, 1.807) is 6.92 Å². The molecule has 0 aromatic heterocycles. The van der Waals surface area contributed by atoms with Crippen molar-refractivity contribution in [1.82, 2.24) is 4.90 Å². The average Bonchev–Trinajstić information content (AvgIpc) is 2.84. The second-order valence-corrected chi connectivity index (χ2v) is 10.2. The number of carbonyl (C=O) groups is 6. The number of Topliss-reactive ketones (excluding diaryl/α,β-unsaturated/α-hetero) is 4. The second-order valence-electron chi connectivity index (χ2n) is 10.2. The molecule has 2 saturated carbocycles. The summed E-state index contributed by atoms with van der Waals surface area (Å²) < 4.78 is 4.52. The fourth-order valence-corrected chi connectivity index (χ4v) is 6.37. The van der Waals surface area contributed by atoms with E-state index in [0.29, 0.717) is 5.56 Å². The number of methoxy groups -OCH3 is 1. The van der Waals surface area contributed by atoms with Gasteiger partial charge in [-0.2, -0.15) is 0 Å². The number of nitrogens with two attached hydrogens (primary N) is 1. The Labute approximate surface area is 217 Å². The van der Waals surface area contributed by atoms with Gasteiger partial charge in [0.15, 0.2) is 34.7 Å². The molecular weight excluding hydrogens is 500 g/mol. The minimum Gasteiger partial charge on any atom is -0.507 e. The molecule has 0 saturated heterocycles. The maximum absolute atomic E-state index is 13.9. The molecule has 0 aliphatic heterocycles. The number of aliphatic hydroxyl groups is 2. The minimum absolute atomic E-state index is 0.0642. The molecule has 38 heavy (non-hydrogen) atoms. The van der Waals surface area contributed by atoms with E-state index in [1.165, 1.54) is 37.2 Å². The number of phenols is 1. The Morgan fingerprint density at radius 1 is 1.13 bits per heavy atom. The average molecular weight is 529 g/mol. The molecule has 0 bridgehead atoms. The van der Waals surface area contributed by atoms with Gasteiger partial charge in [-0.1, -0.05) is 19.1 Å². The molecule has 12 heteroatoms. The number of hydrogen-bond acceptors (Lipinski definition) is 11. The lowest BCUT2D eigenvalue weighted by Crippen LogP contribution is -2.77. The summed E-state index contributed by atoms with van der Waals surface area (Å²) in [6.45, 7) is 1.61. The third-order valence-corrected chi connectivity index (χ3v) is 8.12. The van der Waals surface area contributed by atoms with Crippen LogP contribution in [0.15, 0.2) is 18.2 Å². The van der Waals surface area contributed by atoms with Gasteiger partial charge in [0.05, 0.1) is 36.7 Å². The molecule has 0 heterocycles. The van der Waals surface area contributed by atoms with Crippen LogP contribution in [0.1, 0.15) is 34.3 Å². The SMILES string of the molecule is COC(=O)C=Cc1ccc2c(c1O)C(=O)C1C(=O)[C@]3(O)C(=O)C(C(N)=O)C(=O)C(N(C)C)[C@@H]3[C@@H](O)[C@@H]1[C@H]2C. The van der Waals surface area contributed by atoms with E-state index in [-0.39, 0.29) is 11.1 Å². The molecule has 2 fully saturated rings. The Morgan fingerprint density at radius 3 is 2.32 bits per heavy atom. The zero-order chi connectivity index (χ0) is 28.4. The highest BCUT2D eigenvalue weighted by atomic mass is 16.5. The number of ether oxygens (including phenoxy) is 1. The summed E-state index contributed by atoms with van der Waals surface area (Å²) in [5, 5.41) is 34.1. The van der Waals surface area contributed by atoms with Crippen molar-refractivity contribution in [2.75, 3.05) is 21.2 Å². The number of likely N-dealkylation sites (N-methyl/N-ethyl adjacent to an activating group) is 1. The number of carbonyl (C=O) groups excluding carboxylic acids is 6. The third kappa shape index (κ3) is 3.55. The lowest BCUT2D eigenvalue weighted by molar-refractivity contribution is -0.196. The first kappa shape index (κ1) is 27.3. The molecule has 4 rings (SSSR count). The first-order chi connectivity index (χ1) is 17.7. The fourth-order valence-electron chi connectivity index (χ4n) is 6.37. The second kappa shape index (κ2) is 9.22. The van der Waals surface area contributed by atoms with E-state index in [4.69, 9.17) is 5.73 Å². The summed E-state index contributed by atoms with van der Waals surface area (Å²) in [7, 11) is 4.01. The van der Waals surface area contributed by atoms with Crippen molar-refractivity contribution in [3.8, 4) is 5.75 Å². The highest BCUT2D eigenvalue weighted by Crippen LogP contribution is 2.54. The molecule has 1 aromatic carbocycles. The maximum atomic E-state index is 13.9. The predicted molar refractivity (Wildman–Crippen MR) is 129 cm³/mol. The smallest absolute Gasteiger partial charge is 0.330 e. The Kier molecular flexibility index (Phi) is 6.63. The van der Waals surface area contributed by atoms with Crippen LogP contribution in [0.4, 0.5) is 0 Å². The van der Waals surface area contributed by atoms with E-state index in [9.17, 15) is 44.1 Å². The number of rotatable bonds is 4. The summed E-state index contributed by atoms with van der Waals surface area (Å²) >= 11 is 0. The molecule has 5 N–H and O–H groups in total. The van der Waals surface area contributed by atoms with Gasteiger partial charge in [-0.15, -0.1) is 0 Å². The van der Waals surface area contributed by atoms with Gasteiger partial charge in [0, 0.05) is 17.6 Å². The number of phenolic OH excluding ortho intramolecular Hbond substituents is 1. The quantitative estimate of drug-likeness (QED) is 0.203. The molecule has 3 unspecified atom stereocenters. The van der Waals surface area contributed by atoms with Crippen LogP contribution in [0, 0.1) is 23.7 Å².